The van der Waals surface area contributed by atoms with Crippen LogP contribution in [0.3, 0.4) is 0 Å². The van der Waals surface area contributed by atoms with Crippen LogP contribution in [-0.4, -0.2) is 72.9 Å². The summed E-state index contributed by atoms with van der Waals surface area (Å²) in [5, 5.41) is 23.0. The molecule has 0 aromatic rings. The number of aliphatic hydroxyl groups excluding tert-OH is 2. The Balaban J connectivity index is 2.46. The van der Waals surface area contributed by atoms with Crippen molar-refractivity contribution in [1.82, 2.24) is 5.32 Å². The molecule has 0 aromatic carbocycles. The van der Waals surface area contributed by atoms with Gasteiger partial charge in [-0.3, -0.25) is 9.35 Å². The van der Waals surface area contributed by atoms with Crippen molar-refractivity contribution in [2.75, 3.05) is 13.2 Å². The van der Waals surface area contributed by atoms with Crippen LogP contribution in [0, 0.1) is 0 Å². The predicted octanol–water partition coefficient (Wildman–Crippen LogP) is 6.15. The van der Waals surface area contributed by atoms with Gasteiger partial charge in [0.2, 0.25) is 5.91 Å². The molecule has 4 N–H and O–H groups in total. The molecule has 1 aliphatic heterocycles. The summed E-state index contributed by atoms with van der Waals surface area (Å²) in [7, 11) is -4.97. The maximum atomic E-state index is 12.8. The fraction of sp³-hybridized carbons (Fsp3) is 0.906. The number of aliphatic hydroxyl groups is 2. The van der Waals surface area contributed by atoms with Gasteiger partial charge in [0, 0.05) is 13.0 Å². The van der Waals surface area contributed by atoms with Gasteiger partial charge in [-0.2, -0.15) is 8.42 Å². The summed E-state index contributed by atoms with van der Waals surface area (Å²) in [5.74, 6) is -0.363. The Hall–Kier alpha value is -1.08. The number of hydrogen-bond acceptors (Lipinski definition) is 8. The van der Waals surface area contributed by atoms with Crippen LogP contribution in [0.2, 0.25) is 0 Å². The Morgan fingerprint density at radius 1 is 0.814 bits per heavy atom. The monoisotopic (exact) mass is 635 g/mol. The molecule has 1 saturated heterocycles. The molecular weight excluding hydrogens is 574 g/mol. The lowest BCUT2D eigenvalue weighted by atomic mass is 9.96. The first kappa shape index (κ1) is 39.9. The molecule has 254 valence electrons. The van der Waals surface area contributed by atoms with Crippen LogP contribution >= 0.6 is 0 Å². The molecule has 5 atom stereocenters. The number of hydrogen-bond donors (Lipinski definition) is 4. The minimum atomic E-state index is -4.97. The average molecular weight is 636 g/mol. The quantitative estimate of drug-likeness (QED) is 0.0473. The molecule has 11 heteroatoms. The highest BCUT2D eigenvalue weighted by atomic mass is 32.3. The van der Waals surface area contributed by atoms with Gasteiger partial charge in [-0.15, -0.1) is 0 Å². The highest BCUT2D eigenvalue weighted by molar-refractivity contribution is 7.80. The summed E-state index contributed by atoms with van der Waals surface area (Å²) >= 11 is 0. The van der Waals surface area contributed by atoms with E-state index in [9.17, 15) is 28.0 Å². The molecule has 0 bridgehead atoms. The number of allylic oxidation sites excluding steroid dienone is 2. The van der Waals surface area contributed by atoms with Crippen LogP contribution in [0.4, 0.5) is 0 Å². The van der Waals surface area contributed by atoms with E-state index in [0.717, 1.165) is 70.6 Å². The molecule has 0 saturated carbocycles. The van der Waals surface area contributed by atoms with Crippen molar-refractivity contribution in [3.8, 4) is 0 Å². The lowest BCUT2D eigenvalue weighted by Gasteiger charge is -2.43. The summed E-state index contributed by atoms with van der Waals surface area (Å²) < 4.78 is 48.7. The fourth-order valence-corrected chi connectivity index (χ4v) is 5.83. The molecule has 1 heterocycles. The molecule has 10 nitrogen and oxygen atoms in total. The van der Waals surface area contributed by atoms with Crippen molar-refractivity contribution in [3.05, 3.63) is 12.2 Å². The Bertz CT molecular complexity index is 824. The smallest absolute Gasteiger partial charge is 0.394 e. The maximum absolute atomic E-state index is 12.8. The summed E-state index contributed by atoms with van der Waals surface area (Å²) in [6.07, 6.45) is 20.3. The topological polar surface area (TPSA) is 152 Å². The van der Waals surface area contributed by atoms with Crippen LogP contribution in [0.1, 0.15) is 142 Å². The van der Waals surface area contributed by atoms with Gasteiger partial charge in [-0.1, -0.05) is 109 Å². The lowest BCUT2D eigenvalue weighted by molar-refractivity contribution is -0.266. The molecule has 1 amide bonds. The summed E-state index contributed by atoms with van der Waals surface area (Å²) in [6, 6.07) is -1.20. The van der Waals surface area contributed by atoms with E-state index in [1.807, 2.05) is 0 Å². The first-order valence-corrected chi connectivity index (χ1v) is 18.3. The molecule has 43 heavy (non-hydrogen) atoms. The molecular formula is C32H61NO9S. The van der Waals surface area contributed by atoms with E-state index in [4.69, 9.17) is 13.7 Å². The van der Waals surface area contributed by atoms with E-state index in [1.54, 1.807) is 0 Å². The van der Waals surface area contributed by atoms with Gasteiger partial charge >= 0.3 is 10.4 Å². The largest absolute Gasteiger partial charge is 0.397 e. The second kappa shape index (κ2) is 25.2. The standard InChI is InChI=1S/C32H61NO9S/c1-3-5-7-9-11-12-13-14-15-16-17-18-19-20-22-24-28(35)33-29-31(42-43(37,38)39)30(36)27(26-34)41-32(29)40-25-23-21-10-8-6-4-2/h14-15,27,29-32,34,36H,3-13,16-26H2,1-2H3,(H,33,35)(H,37,38,39)/b15-14-/t27-,29-,30-,31-,32+/m1/s1. The number of carbonyl (C=O) groups excluding carboxylic acids is 1. The van der Waals surface area contributed by atoms with Gasteiger partial charge in [0.25, 0.3) is 0 Å². The Morgan fingerprint density at radius 3 is 1.86 bits per heavy atom. The number of nitrogens with one attached hydrogen (secondary N) is 1. The van der Waals surface area contributed by atoms with Crippen LogP contribution in [-0.2, 0) is 28.9 Å². The van der Waals surface area contributed by atoms with E-state index in [-0.39, 0.29) is 18.9 Å². The average Bonchev–Trinajstić information content (AvgIpc) is 2.96. The molecule has 0 aromatic heterocycles. The van der Waals surface area contributed by atoms with Gasteiger partial charge in [-0.25, -0.2) is 4.18 Å². The predicted molar refractivity (Wildman–Crippen MR) is 169 cm³/mol. The van der Waals surface area contributed by atoms with Crippen molar-refractivity contribution in [2.24, 2.45) is 0 Å². The van der Waals surface area contributed by atoms with Gasteiger partial charge in [0.1, 0.15) is 24.4 Å². The van der Waals surface area contributed by atoms with Crippen LogP contribution in [0.25, 0.3) is 0 Å². The van der Waals surface area contributed by atoms with Crippen LogP contribution in [0.15, 0.2) is 12.2 Å². The van der Waals surface area contributed by atoms with Gasteiger partial charge in [0.15, 0.2) is 6.29 Å². The molecule has 0 radical (unpaired) electrons. The maximum Gasteiger partial charge on any atom is 0.397 e. The molecule has 1 fully saturated rings. The number of rotatable bonds is 27. The number of unbranched alkanes of at least 4 members (excludes halogenated alkanes) is 16. The van der Waals surface area contributed by atoms with Crippen LogP contribution < -0.4 is 5.32 Å². The zero-order valence-electron chi connectivity index (χ0n) is 26.8. The summed E-state index contributed by atoms with van der Waals surface area (Å²) in [5.41, 5.74) is 0. The zero-order chi connectivity index (χ0) is 31.8. The van der Waals surface area contributed by atoms with E-state index in [0.29, 0.717) is 6.42 Å². The third-order valence-corrected chi connectivity index (χ3v) is 8.32. The number of ether oxygens (including phenoxy) is 2. The van der Waals surface area contributed by atoms with Crippen molar-refractivity contribution < 1.29 is 41.6 Å². The van der Waals surface area contributed by atoms with E-state index in [2.05, 4.69) is 31.3 Å². The zero-order valence-corrected chi connectivity index (χ0v) is 27.6. The summed E-state index contributed by atoms with van der Waals surface area (Å²) in [4.78, 5) is 12.8. The van der Waals surface area contributed by atoms with Crippen molar-refractivity contribution in [2.45, 2.75) is 173 Å². The fourth-order valence-electron chi connectivity index (χ4n) is 5.31. The molecule has 0 unspecified atom stereocenters. The van der Waals surface area contributed by atoms with E-state index >= 15 is 0 Å². The Morgan fingerprint density at radius 2 is 1.33 bits per heavy atom. The third-order valence-electron chi connectivity index (χ3n) is 7.86. The second-order valence-electron chi connectivity index (χ2n) is 11.8. The normalized spacial score (nSPS) is 22.8. The van der Waals surface area contributed by atoms with Gasteiger partial charge in [-0.05, 0) is 38.5 Å². The molecule has 1 rings (SSSR count). The molecule has 0 aliphatic carbocycles. The van der Waals surface area contributed by atoms with Crippen molar-refractivity contribution in [3.63, 3.8) is 0 Å². The molecule has 1 aliphatic rings. The van der Waals surface area contributed by atoms with Crippen molar-refractivity contribution in [1.29, 1.82) is 0 Å². The van der Waals surface area contributed by atoms with Crippen LogP contribution in [0.5, 0.6) is 0 Å². The SMILES string of the molecule is CCCCCCCC/C=C\CCCCCCCC(=O)N[C@H]1[C@@H](OCCCCCCCC)O[C@H](CO)[C@@H](O)[C@@H]1OS(=O)(=O)O. The summed E-state index contributed by atoms with van der Waals surface area (Å²) in [6.45, 7) is 4.04. The second-order valence-corrected chi connectivity index (χ2v) is 12.8. The first-order valence-electron chi connectivity index (χ1n) is 16.9. The van der Waals surface area contributed by atoms with Gasteiger partial charge < -0.3 is 25.0 Å². The van der Waals surface area contributed by atoms with E-state index in [1.165, 1.54) is 44.9 Å². The van der Waals surface area contributed by atoms with Gasteiger partial charge in [0.05, 0.1) is 6.61 Å². The number of amides is 1. The third kappa shape index (κ3) is 19.8. The lowest BCUT2D eigenvalue weighted by Crippen LogP contribution is -2.65. The van der Waals surface area contributed by atoms with Crippen molar-refractivity contribution >= 4 is 16.3 Å². The highest BCUT2D eigenvalue weighted by Gasteiger charge is 2.49. The minimum Gasteiger partial charge on any atom is -0.394 e. The Labute approximate surface area is 261 Å². The number of carbonyl (C=O) groups is 1. The van der Waals surface area contributed by atoms with E-state index < -0.39 is 47.6 Å². The molecule has 0 spiro atoms. The minimum absolute atomic E-state index is 0.205. The highest BCUT2D eigenvalue weighted by Crippen LogP contribution is 2.26. The Kier molecular flexibility index (Phi) is 23.4. The first-order chi connectivity index (χ1) is 20.7.